The molecule has 0 amide bonds. The molecule has 8 aromatic rings. The first-order chi connectivity index (χ1) is 21.4. The zero-order chi connectivity index (χ0) is 30.1. The molecule has 0 spiro atoms. The van der Waals surface area contributed by atoms with Crippen LogP contribution in [0.2, 0.25) is 0 Å². The average molecular weight is 560 g/mol. The van der Waals surface area contributed by atoms with Crippen molar-refractivity contribution in [1.82, 2.24) is 0 Å². The van der Waals surface area contributed by atoms with Gasteiger partial charge in [-0.3, -0.25) is 0 Å². The summed E-state index contributed by atoms with van der Waals surface area (Å²) >= 11 is 0. The predicted molar refractivity (Wildman–Crippen MR) is 199 cm³/mol. The monoisotopic (exact) mass is 560 g/mol. The van der Waals surface area contributed by atoms with Crippen LogP contribution in [0.15, 0.2) is 120 Å². The molecule has 1 aromatic heterocycles. The third kappa shape index (κ3) is 3.80. The Kier molecular flexibility index (Phi) is 6.03. The second kappa shape index (κ2) is 9.99. The molecule has 0 aliphatic heterocycles. The molecule has 0 fully saturated rings. The van der Waals surface area contributed by atoms with Gasteiger partial charge < -0.3 is 9.52 Å². The number of hydrogen-bond acceptors (Lipinski definition) is 2. The maximum atomic E-state index is 11.6. The van der Waals surface area contributed by atoms with Crippen LogP contribution in [-0.4, -0.2) is 36.5 Å². The summed E-state index contributed by atoms with van der Waals surface area (Å²) in [6.07, 6.45) is 0. The minimum atomic E-state index is 0.369. The van der Waals surface area contributed by atoms with Crippen LogP contribution in [0.1, 0.15) is 0 Å². The van der Waals surface area contributed by atoms with Crippen LogP contribution < -0.4 is 21.9 Å². The molecule has 6 heteroatoms. The quantitative estimate of drug-likeness (QED) is 0.265. The average Bonchev–Trinajstić information content (AvgIpc) is 3.45. The molecule has 0 unspecified atom stereocenters. The van der Waals surface area contributed by atoms with Gasteiger partial charge in [-0.1, -0.05) is 113 Å². The third-order valence-electron chi connectivity index (χ3n) is 9.70. The van der Waals surface area contributed by atoms with E-state index in [0.29, 0.717) is 5.75 Å². The SMILES string of the molecule is Bc1c(B)c(B)c(-c2c3ccccc3c(-c3ccc4oc5cccc(-c6ccccc6)c5c4c3)c3ccccc23)c(O)c1B. The summed E-state index contributed by atoms with van der Waals surface area (Å²) in [5.74, 6) is 0.369. The second-order valence-corrected chi connectivity index (χ2v) is 11.9. The third-order valence-corrected chi connectivity index (χ3v) is 9.70. The first kappa shape index (κ1) is 26.5. The predicted octanol–water partition coefficient (Wildman–Crippen LogP) is 3.63. The van der Waals surface area contributed by atoms with Crippen LogP contribution in [-0.2, 0) is 0 Å². The highest BCUT2D eigenvalue weighted by Crippen LogP contribution is 2.46. The van der Waals surface area contributed by atoms with Crippen molar-refractivity contribution >= 4 is 96.7 Å². The molecule has 44 heavy (non-hydrogen) atoms. The van der Waals surface area contributed by atoms with E-state index < -0.39 is 0 Å². The van der Waals surface area contributed by atoms with E-state index in [-0.39, 0.29) is 0 Å². The minimum Gasteiger partial charge on any atom is -0.508 e. The lowest BCUT2D eigenvalue weighted by Crippen LogP contribution is -2.48. The normalized spacial score (nSPS) is 11.6. The van der Waals surface area contributed by atoms with Crippen LogP contribution in [0.4, 0.5) is 0 Å². The zero-order valence-corrected chi connectivity index (χ0v) is 25.3. The molecule has 1 heterocycles. The van der Waals surface area contributed by atoms with Gasteiger partial charge in [-0.25, -0.2) is 0 Å². The lowest BCUT2D eigenvalue weighted by molar-refractivity contribution is 0.482. The molecule has 1 N–H and O–H groups in total. The standard InChI is InChI=1S/C38H28B4O2/c39-34-33(38(43)37(42)36(41)35(34)40)32-25-13-6-4-11-23(25)30(24-12-5-7-14-26(24)32)21-17-18-28-27(19-21)31-22(15-8-16-29(31)44-28)20-9-2-1-3-10-20/h1-19,43H,39-42H2. The lowest BCUT2D eigenvalue weighted by Gasteiger charge is -2.23. The van der Waals surface area contributed by atoms with Gasteiger partial charge in [0.2, 0.25) is 0 Å². The van der Waals surface area contributed by atoms with Gasteiger partial charge in [0, 0.05) is 21.9 Å². The van der Waals surface area contributed by atoms with Crippen LogP contribution in [0.3, 0.4) is 0 Å². The Labute approximate surface area is 260 Å². The molecule has 0 bridgehead atoms. The number of phenols is 1. The summed E-state index contributed by atoms with van der Waals surface area (Å²) in [6, 6.07) is 40.7. The summed E-state index contributed by atoms with van der Waals surface area (Å²) in [5, 5.41) is 18.5. The van der Waals surface area contributed by atoms with Crippen LogP contribution in [0, 0.1) is 0 Å². The number of aromatic hydroxyl groups is 1. The van der Waals surface area contributed by atoms with Crippen molar-refractivity contribution in [2.45, 2.75) is 0 Å². The van der Waals surface area contributed by atoms with Crippen molar-refractivity contribution in [1.29, 1.82) is 0 Å². The summed E-state index contributed by atoms with van der Waals surface area (Å²) in [4.78, 5) is 0. The molecule has 0 saturated heterocycles. The molecule has 204 valence electrons. The van der Waals surface area contributed by atoms with Gasteiger partial charge in [0.1, 0.15) is 48.3 Å². The largest absolute Gasteiger partial charge is 0.508 e. The Hall–Kier alpha value is -5.08. The fourth-order valence-electron chi connectivity index (χ4n) is 7.15. The summed E-state index contributed by atoms with van der Waals surface area (Å²) in [7, 11) is 8.41. The van der Waals surface area contributed by atoms with Gasteiger partial charge in [0.25, 0.3) is 0 Å². The van der Waals surface area contributed by atoms with Gasteiger partial charge >= 0.3 is 0 Å². The molecular weight excluding hydrogens is 532 g/mol. The van der Waals surface area contributed by atoms with E-state index in [9.17, 15) is 5.11 Å². The van der Waals surface area contributed by atoms with Crippen molar-refractivity contribution in [3.63, 3.8) is 0 Å². The van der Waals surface area contributed by atoms with Crippen molar-refractivity contribution in [3.05, 3.63) is 115 Å². The molecular formula is C38H28B4O2. The molecule has 0 aliphatic carbocycles. The van der Waals surface area contributed by atoms with Crippen LogP contribution in [0.25, 0.3) is 76.9 Å². The first-order valence-electron chi connectivity index (χ1n) is 15.2. The number of benzene rings is 7. The topological polar surface area (TPSA) is 33.4 Å². The van der Waals surface area contributed by atoms with E-state index in [0.717, 1.165) is 76.6 Å². The number of fused-ring (bicyclic) bond motifs is 5. The molecule has 0 atom stereocenters. The van der Waals surface area contributed by atoms with E-state index in [1.165, 1.54) is 22.2 Å². The Bertz CT molecular complexity index is 2360. The van der Waals surface area contributed by atoms with Crippen LogP contribution >= 0.6 is 0 Å². The highest BCUT2D eigenvalue weighted by Gasteiger charge is 2.23. The van der Waals surface area contributed by atoms with Crippen molar-refractivity contribution < 1.29 is 9.52 Å². The smallest absolute Gasteiger partial charge is 0.143 e. The molecule has 7 aromatic carbocycles. The summed E-state index contributed by atoms with van der Waals surface area (Å²) in [6.45, 7) is 0. The number of phenolic OH excluding ortho intramolecular Hbond substituents is 1. The lowest BCUT2D eigenvalue weighted by atomic mass is 9.63. The number of rotatable bonds is 3. The molecule has 0 aliphatic rings. The zero-order valence-electron chi connectivity index (χ0n) is 25.3. The molecule has 2 nitrogen and oxygen atoms in total. The van der Waals surface area contributed by atoms with E-state index in [1.807, 2.05) is 7.85 Å². The Morgan fingerprint density at radius 2 is 1.02 bits per heavy atom. The Morgan fingerprint density at radius 3 is 1.68 bits per heavy atom. The van der Waals surface area contributed by atoms with Gasteiger partial charge in [-0.05, 0) is 62.0 Å². The fraction of sp³-hybridized carbons (Fsp3) is 0. The van der Waals surface area contributed by atoms with E-state index >= 15 is 0 Å². The van der Waals surface area contributed by atoms with Gasteiger partial charge in [-0.2, -0.15) is 0 Å². The fourth-order valence-corrected chi connectivity index (χ4v) is 7.15. The maximum absolute atomic E-state index is 11.6. The molecule has 8 rings (SSSR count). The van der Waals surface area contributed by atoms with Gasteiger partial charge in [0.05, 0.1) is 0 Å². The number of hydrogen-bond donors (Lipinski definition) is 1. The van der Waals surface area contributed by atoms with Crippen LogP contribution in [0.5, 0.6) is 5.75 Å². The van der Waals surface area contributed by atoms with Gasteiger partial charge in [0.15, 0.2) is 0 Å². The Balaban J connectivity index is 1.48. The Morgan fingerprint density at radius 1 is 0.432 bits per heavy atom. The minimum absolute atomic E-state index is 0.369. The van der Waals surface area contributed by atoms with E-state index in [2.05, 4.69) is 139 Å². The maximum Gasteiger partial charge on any atom is 0.143 e. The summed E-state index contributed by atoms with van der Waals surface area (Å²) in [5.41, 5.74) is 12.9. The second-order valence-electron chi connectivity index (χ2n) is 11.9. The van der Waals surface area contributed by atoms with Crippen molar-refractivity contribution in [2.24, 2.45) is 0 Å². The molecule has 0 saturated carbocycles. The van der Waals surface area contributed by atoms with Crippen molar-refractivity contribution in [2.75, 3.05) is 0 Å². The highest BCUT2D eigenvalue weighted by molar-refractivity contribution is 6.64. The number of furan rings is 1. The van der Waals surface area contributed by atoms with E-state index in [4.69, 9.17) is 4.42 Å². The molecule has 0 radical (unpaired) electrons. The van der Waals surface area contributed by atoms with Crippen molar-refractivity contribution in [3.8, 4) is 39.1 Å². The highest BCUT2D eigenvalue weighted by atomic mass is 16.3. The first-order valence-corrected chi connectivity index (χ1v) is 15.2. The van der Waals surface area contributed by atoms with Gasteiger partial charge in [-0.15, -0.1) is 5.46 Å². The summed E-state index contributed by atoms with van der Waals surface area (Å²) < 4.78 is 6.39. The van der Waals surface area contributed by atoms with E-state index in [1.54, 1.807) is 0 Å².